The van der Waals surface area contributed by atoms with Crippen LogP contribution in [0.2, 0.25) is 0 Å². The number of anilines is 1. The monoisotopic (exact) mass is 336 g/mol. The molecule has 0 unspecified atom stereocenters. The van der Waals surface area contributed by atoms with Crippen LogP contribution in [0.15, 0.2) is 29.5 Å². The summed E-state index contributed by atoms with van der Waals surface area (Å²) in [6, 6.07) is 4.43. The molecule has 1 heterocycles. The summed E-state index contributed by atoms with van der Waals surface area (Å²) < 4.78 is 14.8. The number of methoxy groups -OCH3 is 2. The van der Waals surface area contributed by atoms with Gasteiger partial charge in [0.1, 0.15) is 12.4 Å². The van der Waals surface area contributed by atoms with Crippen LogP contribution in [0.5, 0.6) is 0 Å². The van der Waals surface area contributed by atoms with E-state index in [1.54, 1.807) is 13.0 Å². The highest BCUT2D eigenvalue weighted by molar-refractivity contribution is 6.03. The first kappa shape index (κ1) is 17.4. The van der Waals surface area contributed by atoms with E-state index >= 15 is 0 Å². The lowest BCUT2D eigenvalue weighted by Crippen LogP contribution is -2.39. The second-order valence-corrected chi connectivity index (χ2v) is 4.89. The predicted molar refractivity (Wildman–Crippen MR) is 82.2 cm³/mol. The zero-order valence-electron chi connectivity index (χ0n) is 13.4. The fourth-order valence-electron chi connectivity index (χ4n) is 2.44. The summed E-state index contributed by atoms with van der Waals surface area (Å²) in [4.78, 5) is 36.1. The van der Waals surface area contributed by atoms with Crippen molar-refractivity contribution in [1.29, 1.82) is 0 Å². The predicted octanol–water partition coefficient (Wildman–Crippen LogP) is 1.30. The van der Waals surface area contributed by atoms with Crippen molar-refractivity contribution < 1.29 is 28.7 Å². The summed E-state index contributed by atoms with van der Waals surface area (Å²) in [7, 11) is 2.36. The van der Waals surface area contributed by atoms with Crippen molar-refractivity contribution in [3.05, 3.63) is 45.1 Å². The van der Waals surface area contributed by atoms with Gasteiger partial charge < -0.3 is 19.1 Å². The van der Waals surface area contributed by atoms with Gasteiger partial charge in [-0.25, -0.2) is 9.59 Å². The molecule has 1 aromatic rings. The number of hydrogen-bond donors (Lipinski definition) is 0. The minimum atomic E-state index is -0.760. The molecule has 2 rings (SSSR count). The number of hydrogen-bond acceptors (Lipinski definition) is 8. The van der Waals surface area contributed by atoms with Crippen LogP contribution in [0.3, 0.4) is 0 Å². The van der Waals surface area contributed by atoms with Gasteiger partial charge in [-0.3, -0.25) is 10.1 Å². The van der Waals surface area contributed by atoms with Gasteiger partial charge in [0.05, 0.1) is 42.6 Å². The Morgan fingerprint density at radius 1 is 1.25 bits per heavy atom. The Balaban J connectivity index is 2.64. The molecule has 0 saturated heterocycles. The minimum Gasteiger partial charge on any atom is -0.466 e. The second kappa shape index (κ2) is 7.09. The first-order chi connectivity index (χ1) is 11.4. The summed E-state index contributed by atoms with van der Waals surface area (Å²) >= 11 is 0. The van der Waals surface area contributed by atoms with E-state index in [9.17, 15) is 19.7 Å². The molecule has 128 valence electrons. The van der Waals surface area contributed by atoms with E-state index in [1.807, 2.05) is 0 Å². The maximum Gasteiger partial charge on any atom is 0.355 e. The van der Waals surface area contributed by atoms with Crippen LogP contribution >= 0.6 is 0 Å². The van der Waals surface area contributed by atoms with Crippen LogP contribution in [0.25, 0.3) is 0 Å². The van der Waals surface area contributed by atoms with Gasteiger partial charge in [0, 0.05) is 6.07 Å². The molecule has 0 spiro atoms. The van der Waals surface area contributed by atoms with E-state index in [1.165, 1.54) is 31.3 Å². The average molecular weight is 336 g/mol. The van der Waals surface area contributed by atoms with E-state index in [0.29, 0.717) is 11.3 Å². The number of carbonyl (C=O) groups excluding carboxylic acids is 2. The second-order valence-electron chi connectivity index (χ2n) is 4.89. The minimum absolute atomic E-state index is 0.0125. The van der Waals surface area contributed by atoms with Gasteiger partial charge in [0.25, 0.3) is 5.69 Å². The smallest absolute Gasteiger partial charge is 0.355 e. The first-order valence-corrected chi connectivity index (χ1v) is 6.91. The molecule has 0 bridgehead atoms. The molecule has 0 amide bonds. The molecule has 0 saturated carbocycles. The van der Waals surface area contributed by atoms with Crippen LogP contribution in [-0.2, 0) is 23.8 Å². The summed E-state index contributed by atoms with van der Waals surface area (Å²) in [5.41, 5.74) is 0.520. The van der Waals surface area contributed by atoms with Gasteiger partial charge in [-0.15, -0.1) is 0 Å². The van der Waals surface area contributed by atoms with E-state index in [2.05, 4.69) is 4.74 Å². The molecular weight excluding hydrogens is 320 g/mol. The van der Waals surface area contributed by atoms with Crippen LogP contribution < -0.4 is 4.90 Å². The third kappa shape index (κ3) is 3.06. The van der Waals surface area contributed by atoms with Gasteiger partial charge >= 0.3 is 11.9 Å². The Kier molecular flexibility index (Phi) is 5.14. The highest BCUT2D eigenvalue weighted by Crippen LogP contribution is 2.33. The van der Waals surface area contributed by atoms with Gasteiger partial charge in [-0.2, -0.15) is 0 Å². The molecule has 1 aliphatic rings. The number of ether oxygens (including phenoxy) is 3. The van der Waals surface area contributed by atoms with Gasteiger partial charge in [-0.05, 0) is 13.0 Å². The van der Waals surface area contributed by atoms with E-state index in [4.69, 9.17) is 9.47 Å². The lowest BCUT2D eigenvalue weighted by atomic mass is 10.1. The molecule has 24 heavy (non-hydrogen) atoms. The molecular formula is C15H16N2O7. The fraction of sp³-hybridized carbons (Fsp3) is 0.333. The number of esters is 2. The molecule has 0 fully saturated rings. The number of benzene rings is 1. The molecule has 0 radical (unpaired) electrons. The van der Waals surface area contributed by atoms with Crippen molar-refractivity contribution in [1.82, 2.24) is 0 Å². The molecule has 1 aliphatic heterocycles. The van der Waals surface area contributed by atoms with E-state index in [0.717, 1.165) is 0 Å². The lowest BCUT2D eigenvalue weighted by Gasteiger charge is -2.32. The largest absolute Gasteiger partial charge is 0.466 e. The van der Waals surface area contributed by atoms with Crippen LogP contribution in [0.4, 0.5) is 11.4 Å². The van der Waals surface area contributed by atoms with Crippen molar-refractivity contribution in [2.24, 2.45) is 0 Å². The third-order valence-corrected chi connectivity index (χ3v) is 3.60. The third-order valence-electron chi connectivity index (χ3n) is 3.60. The summed E-state index contributed by atoms with van der Waals surface area (Å²) in [5, 5.41) is 11.1. The standard InChI is InChI=1S/C15H16N2O7/c1-9-11(5-4-6-12(9)17(20)21)16-8-24-7-10(14(18)22-2)13(16)15(19)23-3/h4-6H,7-8H2,1-3H3. The summed E-state index contributed by atoms with van der Waals surface area (Å²) in [5.74, 6) is -1.49. The van der Waals surface area contributed by atoms with Gasteiger partial charge in [0.15, 0.2) is 0 Å². The fourth-order valence-corrected chi connectivity index (χ4v) is 2.44. The molecule has 1 aromatic carbocycles. The zero-order valence-corrected chi connectivity index (χ0v) is 13.4. The number of carbonyl (C=O) groups is 2. The lowest BCUT2D eigenvalue weighted by molar-refractivity contribution is -0.385. The SMILES string of the molecule is COC(=O)C1=C(C(=O)OC)N(c2cccc([N+](=O)[O-])c2C)COC1. The number of nitro groups is 1. The topological polar surface area (TPSA) is 108 Å². The van der Waals surface area contributed by atoms with E-state index in [-0.39, 0.29) is 30.3 Å². The zero-order chi connectivity index (χ0) is 17.9. The van der Waals surface area contributed by atoms with Crippen molar-refractivity contribution in [3.63, 3.8) is 0 Å². The molecule has 9 heteroatoms. The first-order valence-electron chi connectivity index (χ1n) is 6.91. The van der Waals surface area contributed by atoms with Crippen molar-refractivity contribution in [2.45, 2.75) is 6.92 Å². The maximum absolute atomic E-state index is 12.2. The molecule has 0 aromatic heterocycles. The molecule has 9 nitrogen and oxygen atoms in total. The number of nitro benzene ring substituents is 1. The molecule has 0 atom stereocenters. The quantitative estimate of drug-likeness (QED) is 0.460. The van der Waals surface area contributed by atoms with Crippen LogP contribution in [0.1, 0.15) is 5.56 Å². The Morgan fingerprint density at radius 3 is 2.50 bits per heavy atom. The highest BCUT2D eigenvalue weighted by Gasteiger charge is 2.33. The summed E-state index contributed by atoms with van der Waals surface area (Å²) in [6.45, 7) is 1.36. The number of rotatable bonds is 4. The van der Waals surface area contributed by atoms with Crippen LogP contribution in [-0.4, -0.2) is 44.4 Å². The van der Waals surface area contributed by atoms with Gasteiger partial charge in [0.2, 0.25) is 0 Å². The highest BCUT2D eigenvalue weighted by atomic mass is 16.6. The van der Waals surface area contributed by atoms with Gasteiger partial charge in [-0.1, -0.05) is 6.07 Å². The Morgan fingerprint density at radius 2 is 1.92 bits per heavy atom. The van der Waals surface area contributed by atoms with Crippen molar-refractivity contribution in [2.75, 3.05) is 32.5 Å². The Bertz CT molecular complexity index is 727. The summed E-state index contributed by atoms with van der Waals surface area (Å²) in [6.07, 6.45) is 0. The normalized spacial score (nSPS) is 14.4. The van der Waals surface area contributed by atoms with Crippen molar-refractivity contribution >= 4 is 23.3 Å². The Labute approximate surface area is 137 Å². The maximum atomic E-state index is 12.2. The van der Waals surface area contributed by atoms with Crippen LogP contribution in [0, 0.1) is 17.0 Å². The van der Waals surface area contributed by atoms with Crippen molar-refractivity contribution in [3.8, 4) is 0 Å². The average Bonchev–Trinajstić information content (AvgIpc) is 2.59. The Hall–Kier alpha value is -2.94. The molecule has 0 N–H and O–H groups in total. The molecule has 0 aliphatic carbocycles. The number of nitrogens with zero attached hydrogens (tertiary/aromatic N) is 2. The van der Waals surface area contributed by atoms with E-state index < -0.39 is 16.9 Å².